The van der Waals surface area contributed by atoms with E-state index in [1.54, 1.807) is 0 Å². The minimum atomic E-state index is -0.784. The summed E-state index contributed by atoms with van der Waals surface area (Å²) in [6, 6.07) is 0. The van der Waals surface area contributed by atoms with Crippen LogP contribution in [0.3, 0.4) is 0 Å². The molecule has 1 atom stereocenters. The topological polar surface area (TPSA) is 29.5 Å². The van der Waals surface area contributed by atoms with E-state index in [1.165, 1.54) is 19.3 Å². The van der Waals surface area contributed by atoms with E-state index >= 15 is 0 Å². The molecule has 1 N–H and O–H groups in total. The van der Waals surface area contributed by atoms with Gasteiger partial charge in [-0.3, -0.25) is 0 Å². The zero-order valence-electron chi connectivity index (χ0n) is 10.3. The molecular weight excluding hydrogens is 188 g/mol. The summed E-state index contributed by atoms with van der Waals surface area (Å²) in [6.45, 7) is 5.22. The molecule has 0 aromatic rings. The SMILES string of the molecule is CCC(C)CCCOC1(O)CCCCC1. The quantitative estimate of drug-likeness (QED) is 0.542. The standard InChI is InChI=1S/C13H26O2/c1-3-12(2)8-7-11-15-13(14)9-5-4-6-10-13/h12,14H,3-11H2,1-2H3. The molecule has 0 aromatic carbocycles. The average molecular weight is 214 g/mol. The second-order valence-corrected chi connectivity index (χ2v) is 5.01. The summed E-state index contributed by atoms with van der Waals surface area (Å²) in [4.78, 5) is 0. The van der Waals surface area contributed by atoms with Crippen LogP contribution in [0, 0.1) is 5.92 Å². The van der Waals surface area contributed by atoms with Gasteiger partial charge >= 0.3 is 0 Å². The van der Waals surface area contributed by atoms with Crippen LogP contribution in [0.1, 0.15) is 65.2 Å². The van der Waals surface area contributed by atoms with Gasteiger partial charge in [0.25, 0.3) is 0 Å². The van der Waals surface area contributed by atoms with Gasteiger partial charge in [-0.1, -0.05) is 26.7 Å². The van der Waals surface area contributed by atoms with E-state index in [4.69, 9.17) is 4.74 Å². The lowest BCUT2D eigenvalue weighted by Crippen LogP contribution is -2.34. The van der Waals surface area contributed by atoms with Crippen LogP contribution < -0.4 is 0 Å². The van der Waals surface area contributed by atoms with Gasteiger partial charge in [0.15, 0.2) is 5.79 Å². The van der Waals surface area contributed by atoms with E-state index < -0.39 is 5.79 Å². The van der Waals surface area contributed by atoms with E-state index in [0.717, 1.165) is 44.6 Å². The van der Waals surface area contributed by atoms with Gasteiger partial charge < -0.3 is 9.84 Å². The second kappa shape index (κ2) is 6.49. The molecule has 1 aliphatic carbocycles. The molecule has 2 nitrogen and oxygen atoms in total. The van der Waals surface area contributed by atoms with Crippen molar-refractivity contribution >= 4 is 0 Å². The fourth-order valence-electron chi connectivity index (χ4n) is 2.15. The zero-order valence-corrected chi connectivity index (χ0v) is 10.3. The first-order valence-corrected chi connectivity index (χ1v) is 6.52. The van der Waals surface area contributed by atoms with Crippen molar-refractivity contribution in [3.8, 4) is 0 Å². The Morgan fingerprint density at radius 3 is 2.53 bits per heavy atom. The Hall–Kier alpha value is -0.0800. The Balaban J connectivity index is 2.08. The van der Waals surface area contributed by atoms with E-state index in [-0.39, 0.29) is 0 Å². The molecule has 0 radical (unpaired) electrons. The molecule has 90 valence electrons. The summed E-state index contributed by atoms with van der Waals surface area (Å²) in [5.74, 6) is 0.00264. The second-order valence-electron chi connectivity index (χ2n) is 5.01. The first-order valence-electron chi connectivity index (χ1n) is 6.52. The van der Waals surface area contributed by atoms with Crippen LogP contribution in [0.5, 0.6) is 0 Å². The summed E-state index contributed by atoms with van der Waals surface area (Å²) in [5, 5.41) is 10.1. The first-order chi connectivity index (χ1) is 7.16. The highest BCUT2D eigenvalue weighted by Crippen LogP contribution is 2.29. The predicted octanol–water partition coefficient (Wildman–Crippen LogP) is 3.48. The molecule has 0 bridgehead atoms. The largest absolute Gasteiger partial charge is 0.365 e. The first kappa shape index (κ1) is 13.0. The van der Waals surface area contributed by atoms with Crippen LogP contribution in [0.25, 0.3) is 0 Å². The minimum Gasteiger partial charge on any atom is -0.365 e. The van der Waals surface area contributed by atoms with Crippen molar-refractivity contribution in [2.45, 2.75) is 71.0 Å². The van der Waals surface area contributed by atoms with Crippen molar-refractivity contribution in [2.75, 3.05) is 6.61 Å². The third kappa shape index (κ3) is 4.98. The van der Waals surface area contributed by atoms with Crippen LogP contribution in [-0.4, -0.2) is 17.5 Å². The van der Waals surface area contributed by atoms with Gasteiger partial charge in [-0.05, 0) is 31.6 Å². The van der Waals surface area contributed by atoms with E-state index in [1.807, 2.05) is 0 Å². The predicted molar refractivity (Wildman–Crippen MR) is 62.7 cm³/mol. The molecular formula is C13H26O2. The Morgan fingerprint density at radius 1 is 1.27 bits per heavy atom. The van der Waals surface area contributed by atoms with Crippen molar-refractivity contribution in [1.82, 2.24) is 0 Å². The molecule has 0 aromatic heterocycles. The van der Waals surface area contributed by atoms with Gasteiger partial charge in [0, 0.05) is 12.8 Å². The summed E-state index contributed by atoms with van der Waals surface area (Å²) < 4.78 is 5.62. The van der Waals surface area contributed by atoms with Crippen molar-refractivity contribution in [1.29, 1.82) is 0 Å². The Morgan fingerprint density at radius 2 is 1.93 bits per heavy atom. The minimum absolute atomic E-state index is 0.723. The van der Waals surface area contributed by atoms with Crippen molar-refractivity contribution in [3.05, 3.63) is 0 Å². The van der Waals surface area contributed by atoms with Gasteiger partial charge in [-0.25, -0.2) is 0 Å². The highest BCUT2D eigenvalue weighted by Gasteiger charge is 2.29. The maximum Gasteiger partial charge on any atom is 0.165 e. The van der Waals surface area contributed by atoms with Crippen molar-refractivity contribution in [3.63, 3.8) is 0 Å². The summed E-state index contributed by atoms with van der Waals surface area (Å²) in [6.07, 6.45) is 8.67. The monoisotopic (exact) mass is 214 g/mol. The molecule has 0 spiro atoms. The number of ether oxygens (including phenoxy) is 1. The third-order valence-corrected chi connectivity index (χ3v) is 3.54. The molecule has 1 rings (SSSR count). The molecule has 0 saturated heterocycles. The Kier molecular flexibility index (Phi) is 5.62. The molecule has 0 heterocycles. The smallest absolute Gasteiger partial charge is 0.165 e. The average Bonchev–Trinajstić information content (AvgIpc) is 2.25. The summed E-state index contributed by atoms with van der Waals surface area (Å²) in [7, 11) is 0. The highest BCUT2D eigenvalue weighted by atomic mass is 16.6. The van der Waals surface area contributed by atoms with Crippen LogP contribution >= 0.6 is 0 Å². The number of rotatable bonds is 6. The molecule has 1 unspecified atom stereocenters. The Labute approximate surface area is 94.0 Å². The van der Waals surface area contributed by atoms with E-state index in [2.05, 4.69) is 13.8 Å². The van der Waals surface area contributed by atoms with Crippen LogP contribution in [0.2, 0.25) is 0 Å². The fourth-order valence-corrected chi connectivity index (χ4v) is 2.15. The van der Waals surface area contributed by atoms with Gasteiger partial charge in [0.05, 0.1) is 6.61 Å². The van der Waals surface area contributed by atoms with E-state index in [9.17, 15) is 5.11 Å². The fraction of sp³-hybridized carbons (Fsp3) is 1.00. The lowest BCUT2D eigenvalue weighted by atomic mass is 9.94. The van der Waals surface area contributed by atoms with Crippen LogP contribution in [0.15, 0.2) is 0 Å². The molecule has 1 aliphatic rings. The molecule has 15 heavy (non-hydrogen) atoms. The van der Waals surface area contributed by atoms with Crippen LogP contribution in [0.4, 0.5) is 0 Å². The summed E-state index contributed by atoms with van der Waals surface area (Å²) in [5.41, 5.74) is 0. The lowest BCUT2D eigenvalue weighted by molar-refractivity contribution is -0.220. The number of hydrogen-bond acceptors (Lipinski definition) is 2. The Bertz CT molecular complexity index is 162. The lowest BCUT2D eigenvalue weighted by Gasteiger charge is -2.32. The van der Waals surface area contributed by atoms with Crippen molar-refractivity contribution in [2.24, 2.45) is 5.92 Å². The normalized spacial score (nSPS) is 22.6. The van der Waals surface area contributed by atoms with Gasteiger partial charge in [0.2, 0.25) is 0 Å². The maximum atomic E-state index is 10.1. The number of hydrogen-bond donors (Lipinski definition) is 1. The highest BCUT2D eigenvalue weighted by molar-refractivity contribution is 4.72. The zero-order chi connectivity index (χ0) is 11.1. The number of aliphatic hydroxyl groups is 1. The molecule has 0 aliphatic heterocycles. The summed E-state index contributed by atoms with van der Waals surface area (Å²) >= 11 is 0. The third-order valence-electron chi connectivity index (χ3n) is 3.54. The molecule has 0 amide bonds. The van der Waals surface area contributed by atoms with Crippen molar-refractivity contribution < 1.29 is 9.84 Å². The maximum absolute atomic E-state index is 10.1. The van der Waals surface area contributed by atoms with Crippen LogP contribution in [-0.2, 0) is 4.74 Å². The molecule has 1 saturated carbocycles. The van der Waals surface area contributed by atoms with Gasteiger partial charge in [-0.2, -0.15) is 0 Å². The van der Waals surface area contributed by atoms with Gasteiger partial charge in [0.1, 0.15) is 0 Å². The molecule has 2 heteroatoms. The van der Waals surface area contributed by atoms with Gasteiger partial charge in [-0.15, -0.1) is 0 Å². The molecule has 1 fully saturated rings. The van der Waals surface area contributed by atoms with E-state index in [0.29, 0.717) is 0 Å².